The van der Waals surface area contributed by atoms with E-state index in [4.69, 9.17) is 4.42 Å². The molecule has 17 heavy (non-hydrogen) atoms. The third kappa shape index (κ3) is 3.70. The topological polar surface area (TPSA) is 74.5 Å². The quantitative estimate of drug-likeness (QED) is 0.737. The van der Waals surface area contributed by atoms with E-state index in [-0.39, 0.29) is 12.5 Å². The maximum atomic E-state index is 11.6. The predicted octanol–water partition coefficient (Wildman–Crippen LogP) is -0.296. The first-order valence-corrected chi connectivity index (χ1v) is 5.50. The lowest BCUT2D eigenvalue weighted by atomic mass is 10.4. The van der Waals surface area contributed by atoms with Crippen LogP contribution in [-0.2, 0) is 11.3 Å². The van der Waals surface area contributed by atoms with Gasteiger partial charge >= 0.3 is 6.01 Å². The lowest BCUT2D eigenvalue weighted by molar-refractivity contribution is -0.127. The lowest BCUT2D eigenvalue weighted by Crippen LogP contribution is -2.36. The Bertz CT molecular complexity index is 363. The number of nitrogens with zero attached hydrogens (tertiary/aromatic N) is 4. The molecule has 0 atom stereocenters. The van der Waals surface area contributed by atoms with Gasteiger partial charge in [0.15, 0.2) is 0 Å². The number of rotatable bonds is 6. The van der Waals surface area contributed by atoms with E-state index in [0.717, 1.165) is 0 Å². The van der Waals surface area contributed by atoms with Gasteiger partial charge in [-0.05, 0) is 14.0 Å². The molecule has 1 heterocycles. The van der Waals surface area contributed by atoms with Crippen molar-refractivity contribution in [3.8, 4) is 0 Å². The van der Waals surface area contributed by atoms with E-state index in [2.05, 4.69) is 15.5 Å². The highest BCUT2D eigenvalue weighted by atomic mass is 16.4. The molecule has 0 unspecified atom stereocenters. The Balaban J connectivity index is 2.68. The van der Waals surface area contributed by atoms with E-state index in [1.165, 1.54) is 4.90 Å². The van der Waals surface area contributed by atoms with Crippen molar-refractivity contribution in [2.24, 2.45) is 0 Å². The van der Waals surface area contributed by atoms with Crippen molar-refractivity contribution in [3.63, 3.8) is 0 Å². The Morgan fingerprint density at radius 1 is 1.41 bits per heavy atom. The van der Waals surface area contributed by atoms with Crippen LogP contribution in [0.5, 0.6) is 0 Å². The summed E-state index contributed by atoms with van der Waals surface area (Å²) in [6.07, 6.45) is 0. The molecule has 0 radical (unpaired) electrons. The van der Waals surface area contributed by atoms with Crippen LogP contribution in [0.2, 0.25) is 0 Å². The summed E-state index contributed by atoms with van der Waals surface area (Å²) in [5.74, 6) is 0.512. The van der Waals surface area contributed by atoms with E-state index in [0.29, 0.717) is 25.0 Å². The molecule has 1 aromatic rings. The number of nitrogens with one attached hydrogen (secondary N) is 1. The summed E-state index contributed by atoms with van der Waals surface area (Å²) in [4.78, 5) is 14.9. The number of likely N-dealkylation sites (N-methyl/N-ethyl adjacent to an activating group) is 2. The van der Waals surface area contributed by atoms with E-state index in [1.54, 1.807) is 26.0 Å². The number of carbonyl (C=O) groups excluding carboxylic acids is 1. The third-order valence-electron chi connectivity index (χ3n) is 2.26. The van der Waals surface area contributed by atoms with Crippen molar-refractivity contribution in [2.45, 2.75) is 13.5 Å². The maximum absolute atomic E-state index is 11.6. The largest absolute Gasteiger partial charge is 0.407 e. The molecule has 0 aromatic carbocycles. The van der Waals surface area contributed by atoms with Crippen LogP contribution < -0.4 is 10.2 Å². The second kappa shape index (κ2) is 6.19. The zero-order valence-corrected chi connectivity index (χ0v) is 10.7. The zero-order valence-electron chi connectivity index (χ0n) is 10.7. The minimum Gasteiger partial charge on any atom is -0.407 e. The van der Waals surface area contributed by atoms with E-state index < -0.39 is 0 Å². The van der Waals surface area contributed by atoms with Crippen LogP contribution in [0.3, 0.4) is 0 Å². The van der Waals surface area contributed by atoms with Crippen LogP contribution in [0.4, 0.5) is 6.01 Å². The van der Waals surface area contributed by atoms with Gasteiger partial charge in [-0.15, -0.1) is 5.10 Å². The van der Waals surface area contributed by atoms with Gasteiger partial charge in [0, 0.05) is 20.6 Å². The summed E-state index contributed by atoms with van der Waals surface area (Å²) in [6, 6.07) is 0.382. The molecule has 0 fully saturated rings. The fourth-order valence-corrected chi connectivity index (χ4v) is 1.21. The third-order valence-corrected chi connectivity index (χ3v) is 2.26. The molecular weight excluding hydrogens is 222 g/mol. The number of hydrogen-bond acceptors (Lipinski definition) is 6. The van der Waals surface area contributed by atoms with Crippen molar-refractivity contribution in [1.29, 1.82) is 0 Å². The Labute approximate surface area is 101 Å². The summed E-state index contributed by atoms with van der Waals surface area (Å²) >= 11 is 0. The summed E-state index contributed by atoms with van der Waals surface area (Å²) < 4.78 is 5.43. The van der Waals surface area contributed by atoms with Gasteiger partial charge in [0.1, 0.15) is 6.54 Å². The average Bonchev–Trinajstić information content (AvgIpc) is 2.74. The van der Waals surface area contributed by atoms with Gasteiger partial charge in [-0.3, -0.25) is 4.79 Å². The highest BCUT2D eigenvalue weighted by Gasteiger charge is 2.16. The number of aromatic nitrogens is 2. The van der Waals surface area contributed by atoms with Crippen LogP contribution in [-0.4, -0.2) is 55.2 Å². The first-order valence-electron chi connectivity index (χ1n) is 5.50. The minimum atomic E-state index is 0.000200. The molecule has 1 N–H and O–H groups in total. The summed E-state index contributed by atoms with van der Waals surface area (Å²) in [5.41, 5.74) is 0. The molecule has 0 spiro atoms. The molecular formula is C10H19N5O2. The molecule has 1 rings (SSSR count). The molecule has 1 amide bonds. The van der Waals surface area contributed by atoms with E-state index >= 15 is 0 Å². The second-order valence-electron chi connectivity index (χ2n) is 3.81. The molecule has 0 aliphatic carbocycles. The van der Waals surface area contributed by atoms with Crippen LogP contribution in [0.15, 0.2) is 4.42 Å². The van der Waals surface area contributed by atoms with Crippen molar-refractivity contribution >= 4 is 11.9 Å². The van der Waals surface area contributed by atoms with Gasteiger partial charge in [-0.2, -0.15) is 0 Å². The van der Waals surface area contributed by atoms with Gasteiger partial charge in [0.2, 0.25) is 11.8 Å². The van der Waals surface area contributed by atoms with Gasteiger partial charge in [0.25, 0.3) is 0 Å². The van der Waals surface area contributed by atoms with Crippen LogP contribution in [0.1, 0.15) is 12.8 Å². The van der Waals surface area contributed by atoms with Crippen molar-refractivity contribution in [2.75, 3.05) is 39.1 Å². The predicted molar refractivity (Wildman–Crippen MR) is 63.6 cm³/mol. The first kappa shape index (κ1) is 13.4. The molecule has 0 aliphatic heterocycles. The fourth-order valence-electron chi connectivity index (χ4n) is 1.21. The van der Waals surface area contributed by atoms with Crippen molar-refractivity contribution in [1.82, 2.24) is 20.4 Å². The van der Waals surface area contributed by atoms with Crippen molar-refractivity contribution < 1.29 is 9.21 Å². The standard InChI is InChI=1S/C10H19N5O2/c1-5-15(7-9(16)14(3)4)10-13-12-8(17-10)6-11-2/h11H,5-7H2,1-4H3. The number of carbonyl (C=O) groups is 1. The monoisotopic (exact) mass is 241 g/mol. The lowest BCUT2D eigenvalue weighted by Gasteiger charge is -2.19. The Morgan fingerprint density at radius 3 is 2.65 bits per heavy atom. The Kier molecular flexibility index (Phi) is 4.89. The molecule has 0 aliphatic rings. The number of anilines is 1. The minimum absolute atomic E-state index is 0.000200. The zero-order chi connectivity index (χ0) is 12.8. The molecule has 0 saturated carbocycles. The molecule has 96 valence electrons. The van der Waals surface area contributed by atoms with Gasteiger partial charge in [-0.1, -0.05) is 5.10 Å². The van der Waals surface area contributed by atoms with Gasteiger partial charge < -0.3 is 19.5 Å². The van der Waals surface area contributed by atoms with E-state index in [1.807, 2.05) is 6.92 Å². The highest BCUT2D eigenvalue weighted by Crippen LogP contribution is 2.11. The molecule has 7 nitrogen and oxygen atoms in total. The van der Waals surface area contributed by atoms with Crippen LogP contribution in [0.25, 0.3) is 0 Å². The van der Waals surface area contributed by atoms with E-state index in [9.17, 15) is 4.79 Å². The average molecular weight is 241 g/mol. The SMILES string of the molecule is CCN(CC(=O)N(C)C)c1nnc(CNC)o1. The Morgan fingerprint density at radius 2 is 2.12 bits per heavy atom. The summed E-state index contributed by atoms with van der Waals surface area (Å²) in [6.45, 7) is 3.34. The summed E-state index contributed by atoms with van der Waals surface area (Å²) in [5, 5.41) is 10.7. The summed E-state index contributed by atoms with van der Waals surface area (Å²) in [7, 11) is 5.24. The number of hydrogen-bond donors (Lipinski definition) is 1. The Hall–Kier alpha value is -1.63. The molecule has 0 bridgehead atoms. The normalized spacial score (nSPS) is 10.4. The van der Waals surface area contributed by atoms with Gasteiger partial charge in [0.05, 0.1) is 6.54 Å². The second-order valence-corrected chi connectivity index (χ2v) is 3.81. The molecule has 0 saturated heterocycles. The highest BCUT2D eigenvalue weighted by molar-refractivity contribution is 5.80. The maximum Gasteiger partial charge on any atom is 0.318 e. The van der Waals surface area contributed by atoms with Crippen molar-refractivity contribution in [3.05, 3.63) is 5.89 Å². The smallest absolute Gasteiger partial charge is 0.318 e. The fraction of sp³-hybridized carbons (Fsp3) is 0.700. The molecule has 7 heteroatoms. The van der Waals surface area contributed by atoms with Crippen LogP contribution in [0, 0.1) is 0 Å². The first-order chi connectivity index (χ1) is 8.08. The van der Waals surface area contributed by atoms with Crippen LogP contribution >= 0.6 is 0 Å². The molecule has 1 aromatic heterocycles. The number of amides is 1. The van der Waals surface area contributed by atoms with Gasteiger partial charge in [-0.25, -0.2) is 0 Å².